The monoisotopic (exact) mass is 279 g/mol. The topological polar surface area (TPSA) is 60.2 Å². The van der Waals surface area contributed by atoms with E-state index in [9.17, 15) is 8.42 Å². The smallest absolute Gasteiger partial charge is 0.150 e. The third kappa shape index (κ3) is 2.84. The van der Waals surface area contributed by atoms with Gasteiger partial charge in [0.25, 0.3) is 0 Å². The molecule has 1 aliphatic carbocycles. The molecule has 3 rings (SSSR count). The molecule has 1 heterocycles. The van der Waals surface area contributed by atoms with E-state index in [2.05, 4.69) is 24.3 Å². The minimum atomic E-state index is -2.77. The summed E-state index contributed by atoms with van der Waals surface area (Å²) < 4.78 is 22.9. The summed E-state index contributed by atoms with van der Waals surface area (Å²) in [6.45, 7) is 0. The van der Waals surface area contributed by atoms with Crippen LogP contribution in [0.5, 0.6) is 0 Å². The lowest BCUT2D eigenvalue weighted by molar-refractivity contribution is 0.409. The number of benzene rings is 1. The third-order valence-electron chi connectivity index (χ3n) is 4.51. The Morgan fingerprint density at radius 1 is 1.26 bits per heavy atom. The first-order valence-electron chi connectivity index (χ1n) is 7.07. The highest BCUT2D eigenvalue weighted by atomic mass is 32.2. The Morgan fingerprint density at radius 3 is 2.74 bits per heavy atom. The van der Waals surface area contributed by atoms with E-state index in [-0.39, 0.29) is 12.0 Å². The lowest BCUT2D eigenvalue weighted by Crippen LogP contribution is -2.30. The first kappa shape index (κ1) is 13.1. The Kier molecular flexibility index (Phi) is 3.39. The SMILES string of the molecule is NC(CC1CCS(=O)(=O)C1)CC1Cc2ccccc21. The Bertz CT molecular complexity index is 567. The summed E-state index contributed by atoms with van der Waals surface area (Å²) in [5.41, 5.74) is 9.10. The average Bonchev–Trinajstić information content (AvgIpc) is 2.65. The first-order valence-corrected chi connectivity index (χ1v) is 8.89. The number of sulfone groups is 1. The maximum absolute atomic E-state index is 11.4. The zero-order valence-electron chi connectivity index (χ0n) is 11.1. The molecule has 19 heavy (non-hydrogen) atoms. The van der Waals surface area contributed by atoms with Gasteiger partial charge in [-0.25, -0.2) is 8.42 Å². The standard InChI is InChI=1S/C15H21NO2S/c16-14(7-11-5-6-19(17,18)10-11)9-13-8-12-3-1-2-4-15(12)13/h1-4,11,13-14H,5-10,16H2. The second-order valence-electron chi connectivity index (χ2n) is 6.10. The van der Waals surface area contributed by atoms with Gasteiger partial charge in [-0.15, -0.1) is 0 Å². The van der Waals surface area contributed by atoms with E-state index in [4.69, 9.17) is 5.73 Å². The fraction of sp³-hybridized carbons (Fsp3) is 0.600. The van der Waals surface area contributed by atoms with Crippen molar-refractivity contribution in [1.29, 1.82) is 0 Å². The molecule has 1 aromatic rings. The summed E-state index contributed by atoms with van der Waals surface area (Å²) in [4.78, 5) is 0. The first-order chi connectivity index (χ1) is 9.03. The van der Waals surface area contributed by atoms with Gasteiger partial charge in [0.1, 0.15) is 0 Å². The zero-order valence-corrected chi connectivity index (χ0v) is 11.9. The van der Waals surface area contributed by atoms with E-state index >= 15 is 0 Å². The van der Waals surface area contributed by atoms with Gasteiger partial charge in [0.15, 0.2) is 9.84 Å². The normalized spacial score (nSPS) is 29.5. The van der Waals surface area contributed by atoms with Gasteiger partial charge >= 0.3 is 0 Å². The zero-order chi connectivity index (χ0) is 13.5. The van der Waals surface area contributed by atoms with Crippen LogP contribution in [-0.4, -0.2) is 26.0 Å². The number of hydrogen-bond acceptors (Lipinski definition) is 3. The minimum absolute atomic E-state index is 0.136. The molecule has 0 bridgehead atoms. The second kappa shape index (κ2) is 4.91. The van der Waals surface area contributed by atoms with E-state index in [1.165, 1.54) is 11.1 Å². The minimum Gasteiger partial charge on any atom is -0.328 e. The largest absolute Gasteiger partial charge is 0.328 e. The molecule has 1 aliphatic heterocycles. The van der Waals surface area contributed by atoms with Crippen LogP contribution in [0.1, 0.15) is 36.3 Å². The molecule has 0 radical (unpaired) electrons. The molecule has 104 valence electrons. The molecule has 3 nitrogen and oxygen atoms in total. The van der Waals surface area contributed by atoms with Crippen molar-refractivity contribution in [2.45, 2.75) is 37.6 Å². The molecular formula is C15H21NO2S. The Labute approximate surface area is 115 Å². The van der Waals surface area contributed by atoms with Crippen molar-refractivity contribution in [3.63, 3.8) is 0 Å². The summed E-state index contributed by atoms with van der Waals surface area (Å²) in [6, 6.07) is 8.67. The highest BCUT2D eigenvalue weighted by Crippen LogP contribution is 2.38. The van der Waals surface area contributed by atoms with Crippen molar-refractivity contribution < 1.29 is 8.42 Å². The molecule has 1 saturated heterocycles. The van der Waals surface area contributed by atoms with Crippen LogP contribution in [-0.2, 0) is 16.3 Å². The van der Waals surface area contributed by atoms with Gasteiger partial charge in [-0.2, -0.15) is 0 Å². The lowest BCUT2D eigenvalue weighted by Gasteiger charge is -2.32. The molecular weight excluding hydrogens is 258 g/mol. The number of nitrogens with two attached hydrogens (primary N) is 1. The number of hydrogen-bond donors (Lipinski definition) is 1. The summed E-state index contributed by atoms with van der Waals surface area (Å²) in [6.07, 6.45) is 3.79. The Morgan fingerprint density at radius 2 is 2.05 bits per heavy atom. The summed E-state index contributed by atoms with van der Waals surface area (Å²) in [7, 11) is -2.77. The maximum Gasteiger partial charge on any atom is 0.150 e. The van der Waals surface area contributed by atoms with Crippen LogP contribution in [0.4, 0.5) is 0 Å². The number of rotatable bonds is 4. The van der Waals surface area contributed by atoms with E-state index in [0.717, 1.165) is 25.7 Å². The van der Waals surface area contributed by atoms with Crippen LogP contribution in [0.3, 0.4) is 0 Å². The van der Waals surface area contributed by atoms with Crippen molar-refractivity contribution in [2.24, 2.45) is 11.7 Å². The highest BCUT2D eigenvalue weighted by Gasteiger charge is 2.31. The molecule has 0 amide bonds. The summed E-state index contributed by atoms with van der Waals surface area (Å²) in [5.74, 6) is 1.58. The molecule has 0 spiro atoms. The van der Waals surface area contributed by atoms with Crippen LogP contribution in [0.25, 0.3) is 0 Å². The van der Waals surface area contributed by atoms with Crippen LogP contribution in [0, 0.1) is 5.92 Å². The van der Waals surface area contributed by atoms with Gasteiger partial charge in [-0.1, -0.05) is 24.3 Å². The fourth-order valence-electron chi connectivity index (χ4n) is 3.52. The number of fused-ring (bicyclic) bond motifs is 1. The predicted molar refractivity (Wildman–Crippen MR) is 76.9 cm³/mol. The van der Waals surface area contributed by atoms with Crippen LogP contribution in [0.15, 0.2) is 24.3 Å². The van der Waals surface area contributed by atoms with Gasteiger partial charge in [0.05, 0.1) is 11.5 Å². The van der Waals surface area contributed by atoms with Gasteiger partial charge < -0.3 is 5.73 Å². The van der Waals surface area contributed by atoms with Gasteiger partial charge in [-0.05, 0) is 48.6 Å². The second-order valence-corrected chi connectivity index (χ2v) is 8.33. The molecule has 0 aromatic heterocycles. The summed E-state index contributed by atoms with van der Waals surface area (Å²) >= 11 is 0. The quantitative estimate of drug-likeness (QED) is 0.915. The average molecular weight is 279 g/mol. The molecule has 1 aromatic carbocycles. The van der Waals surface area contributed by atoms with Crippen molar-refractivity contribution in [3.8, 4) is 0 Å². The maximum atomic E-state index is 11.4. The molecule has 2 aliphatic rings. The highest BCUT2D eigenvalue weighted by molar-refractivity contribution is 7.91. The van der Waals surface area contributed by atoms with Crippen LogP contribution < -0.4 is 5.73 Å². The van der Waals surface area contributed by atoms with Gasteiger partial charge in [0, 0.05) is 6.04 Å². The van der Waals surface area contributed by atoms with Crippen molar-refractivity contribution in [1.82, 2.24) is 0 Å². The van der Waals surface area contributed by atoms with Crippen molar-refractivity contribution in [3.05, 3.63) is 35.4 Å². The fourth-order valence-corrected chi connectivity index (χ4v) is 5.40. The predicted octanol–water partition coefficient (Wildman–Crippen LogP) is 1.87. The molecule has 3 unspecified atom stereocenters. The van der Waals surface area contributed by atoms with Gasteiger partial charge in [0.2, 0.25) is 0 Å². The van der Waals surface area contributed by atoms with Crippen LogP contribution >= 0.6 is 0 Å². The van der Waals surface area contributed by atoms with E-state index in [1.807, 2.05) is 0 Å². The van der Waals surface area contributed by atoms with Crippen molar-refractivity contribution >= 4 is 9.84 Å². The molecule has 2 N–H and O–H groups in total. The summed E-state index contributed by atoms with van der Waals surface area (Å²) in [5, 5.41) is 0. The molecule has 3 atom stereocenters. The molecule has 4 heteroatoms. The molecule has 1 fully saturated rings. The Balaban J connectivity index is 1.52. The lowest BCUT2D eigenvalue weighted by atomic mass is 9.74. The Hall–Kier alpha value is -0.870. The van der Waals surface area contributed by atoms with Crippen LogP contribution in [0.2, 0.25) is 0 Å². The molecule has 0 saturated carbocycles. The van der Waals surface area contributed by atoms with Gasteiger partial charge in [-0.3, -0.25) is 0 Å². The van der Waals surface area contributed by atoms with E-state index < -0.39 is 9.84 Å². The van der Waals surface area contributed by atoms with E-state index in [0.29, 0.717) is 17.4 Å². The van der Waals surface area contributed by atoms with E-state index in [1.54, 1.807) is 0 Å². The third-order valence-corrected chi connectivity index (χ3v) is 6.35. The van der Waals surface area contributed by atoms with Crippen molar-refractivity contribution in [2.75, 3.05) is 11.5 Å².